The van der Waals surface area contributed by atoms with Crippen molar-refractivity contribution in [3.05, 3.63) is 113 Å². The first-order valence-electron chi connectivity index (χ1n) is 18.0. The predicted octanol–water partition coefficient (Wildman–Crippen LogP) is 10.9. The minimum Gasteiger partial charge on any atom is -0.452 e. The number of amides is 1. The molecular formula is C43H64N2O6S. The quantitative estimate of drug-likeness (QED) is 0.0478. The van der Waals surface area contributed by atoms with Crippen LogP contribution in [0, 0.1) is 17.8 Å². The van der Waals surface area contributed by atoms with E-state index in [4.69, 9.17) is 23.9 Å². The van der Waals surface area contributed by atoms with Crippen molar-refractivity contribution in [3.8, 4) is 0 Å². The van der Waals surface area contributed by atoms with Gasteiger partial charge in [0.05, 0.1) is 17.9 Å². The van der Waals surface area contributed by atoms with Crippen molar-refractivity contribution in [2.75, 3.05) is 28.3 Å². The number of hydrogen-bond donors (Lipinski definition) is 0. The summed E-state index contributed by atoms with van der Waals surface area (Å²) in [6.45, 7) is 21.6. The van der Waals surface area contributed by atoms with Crippen LogP contribution in [0.25, 0.3) is 0 Å². The highest BCUT2D eigenvalue weighted by molar-refractivity contribution is 7.09. The van der Waals surface area contributed by atoms with Gasteiger partial charge < -0.3 is 23.8 Å². The molecule has 0 fully saturated rings. The number of thiazole rings is 1. The maximum Gasteiger partial charge on any atom is 0.409 e. The Morgan fingerprint density at radius 1 is 0.923 bits per heavy atom. The van der Waals surface area contributed by atoms with Crippen molar-refractivity contribution >= 4 is 23.4 Å². The van der Waals surface area contributed by atoms with Gasteiger partial charge in [-0.3, -0.25) is 0 Å². The van der Waals surface area contributed by atoms with Crippen molar-refractivity contribution in [1.82, 2.24) is 9.88 Å². The number of carbonyl (C=O) groups excluding carboxylic acids is 2. The third kappa shape index (κ3) is 18.1. The average molecular weight is 737 g/mol. The molecule has 288 valence electrons. The molecule has 8 nitrogen and oxygen atoms in total. The Morgan fingerprint density at radius 2 is 1.60 bits per heavy atom. The molecule has 1 aromatic rings. The molecule has 52 heavy (non-hydrogen) atoms. The van der Waals surface area contributed by atoms with Crippen LogP contribution in [0.3, 0.4) is 0 Å². The Bertz CT molecular complexity index is 1450. The van der Waals surface area contributed by atoms with Crippen LogP contribution in [-0.4, -0.2) is 62.5 Å². The summed E-state index contributed by atoms with van der Waals surface area (Å²) >= 11 is 1.40. The molecular weight excluding hydrogens is 673 g/mol. The molecule has 0 unspecified atom stereocenters. The Labute approximate surface area is 318 Å². The summed E-state index contributed by atoms with van der Waals surface area (Å²) in [7, 11) is 6.69. The largest absolute Gasteiger partial charge is 0.452 e. The molecule has 0 N–H and O–H groups in total. The zero-order chi connectivity index (χ0) is 39.2. The SMILES string of the molecule is C=CC[C@@H](/C=C(C)/C=C/[C@@H](C)/C=C(\C)C(=O)O[C@H](c1csc([C@H](CC(C)C)OC(=O)N(C)C)n1)[C@@H](C)C=C/C=C/[C@H](CC/C=C(\C)C=C)OC)OC. The monoisotopic (exact) mass is 736 g/mol. The van der Waals surface area contributed by atoms with Crippen LogP contribution < -0.4 is 0 Å². The lowest BCUT2D eigenvalue weighted by atomic mass is 10.0. The summed E-state index contributed by atoms with van der Waals surface area (Å²) < 4.78 is 23.1. The van der Waals surface area contributed by atoms with E-state index < -0.39 is 24.3 Å². The molecule has 0 aromatic carbocycles. The van der Waals surface area contributed by atoms with Crippen molar-refractivity contribution in [3.63, 3.8) is 0 Å². The molecule has 0 spiro atoms. The maximum atomic E-state index is 13.6. The van der Waals surface area contributed by atoms with Crippen LogP contribution in [0.15, 0.2) is 102 Å². The minimum absolute atomic E-state index is 0.0174. The Hall–Kier alpha value is -3.79. The average Bonchev–Trinajstić information content (AvgIpc) is 3.59. The van der Waals surface area contributed by atoms with E-state index in [1.54, 1.807) is 35.2 Å². The van der Waals surface area contributed by atoms with Crippen molar-refractivity contribution in [2.45, 2.75) is 98.6 Å². The van der Waals surface area contributed by atoms with E-state index in [2.05, 4.69) is 39.2 Å². The lowest BCUT2D eigenvalue weighted by Crippen LogP contribution is -2.25. The van der Waals surface area contributed by atoms with Crippen LogP contribution >= 0.6 is 11.3 Å². The van der Waals surface area contributed by atoms with Crippen LogP contribution in [0.1, 0.15) is 97.1 Å². The van der Waals surface area contributed by atoms with Crippen molar-refractivity contribution in [1.29, 1.82) is 0 Å². The summed E-state index contributed by atoms with van der Waals surface area (Å²) in [6.07, 6.45) is 23.1. The van der Waals surface area contributed by atoms with Crippen LogP contribution in [-0.2, 0) is 23.7 Å². The highest BCUT2D eigenvalue weighted by atomic mass is 32.1. The highest BCUT2D eigenvalue weighted by Gasteiger charge is 2.29. The van der Waals surface area contributed by atoms with E-state index in [9.17, 15) is 9.59 Å². The molecule has 1 rings (SSSR count). The van der Waals surface area contributed by atoms with Gasteiger partial charge in [-0.1, -0.05) is 112 Å². The number of esters is 1. The van der Waals surface area contributed by atoms with E-state index in [0.717, 1.165) is 30.4 Å². The molecule has 1 aromatic heterocycles. The van der Waals surface area contributed by atoms with Crippen molar-refractivity contribution < 1.29 is 28.5 Å². The number of rotatable bonds is 23. The van der Waals surface area contributed by atoms with Crippen LogP contribution in [0.4, 0.5) is 4.79 Å². The first-order chi connectivity index (χ1) is 24.6. The van der Waals surface area contributed by atoms with Gasteiger partial charge in [-0.15, -0.1) is 17.9 Å². The number of aromatic nitrogens is 1. The molecule has 6 atom stereocenters. The summed E-state index contributed by atoms with van der Waals surface area (Å²) in [5.74, 6) is -0.397. The zero-order valence-electron chi connectivity index (χ0n) is 33.5. The van der Waals surface area contributed by atoms with E-state index >= 15 is 0 Å². The third-order valence-corrected chi connectivity index (χ3v) is 9.11. The number of carbonyl (C=O) groups is 2. The Morgan fingerprint density at radius 3 is 2.19 bits per heavy atom. The van der Waals surface area contributed by atoms with Gasteiger partial charge in [-0.05, 0) is 58.3 Å². The van der Waals surface area contributed by atoms with Gasteiger partial charge in [0.15, 0.2) is 12.2 Å². The summed E-state index contributed by atoms with van der Waals surface area (Å²) in [5.41, 5.74) is 3.31. The van der Waals surface area contributed by atoms with Gasteiger partial charge in [0, 0.05) is 45.2 Å². The second kappa shape index (κ2) is 25.2. The molecule has 0 radical (unpaired) electrons. The van der Waals surface area contributed by atoms with Crippen molar-refractivity contribution in [2.24, 2.45) is 17.8 Å². The Kier molecular flexibility index (Phi) is 22.4. The van der Waals surface area contributed by atoms with Crippen LogP contribution in [0.5, 0.6) is 0 Å². The molecule has 0 aliphatic carbocycles. The fourth-order valence-corrected chi connectivity index (χ4v) is 5.91. The van der Waals surface area contributed by atoms with Gasteiger partial charge in [0.1, 0.15) is 5.01 Å². The summed E-state index contributed by atoms with van der Waals surface area (Å²) in [4.78, 5) is 32.4. The topological polar surface area (TPSA) is 87.2 Å². The number of nitrogens with zero attached hydrogens (tertiary/aromatic N) is 2. The first kappa shape index (κ1) is 46.2. The normalized spacial score (nSPS) is 16.6. The van der Waals surface area contributed by atoms with E-state index in [-0.39, 0.29) is 30.0 Å². The molecule has 0 aliphatic rings. The standard InChI is InChI=1S/C43H64N2O6S/c1-14-19-37(49-13)28-33(7)25-24-32(6)27-35(9)42(46)51-40(34(8)21-16-17-22-36(48-12)23-18-20-31(5)15-2)38-29-52-41(44-38)39(26-30(3)4)50-43(47)45(10)11/h14-17,20-22,24-25,27-30,32,34,36-37,39-40H,1-2,18-19,23,26H2,3-13H3/b21-16?,22-17+,25-24+,31-20+,33-28+,35-27+/t32-,34+,36-,37+,39+,40+/m1/s1. The molecule has 0 saturated carbocycles. The predicted molar refractivity (Wildman–Crippen MR) is 216 cm³/mol. The fourth-order valence-electron chi connectivity index (χ4n) is 5.03. The number of hydrogen-bond acceptors (Lipinski definition) is 8. The van der Waals surface area contributed by atoms with Crippen LogP contribution in [0.2, 0.25) is 0 Å². The lowest BCUT2D eigenvalue weighted by Gasteiger charge is -2.22. The third-order valence-electron chi connectivity index (χ3n) is 8.15. The van der Waals surface area contributed by atoms with Gasteiger partial charge >= 0.3 is 12.1 Å². The smallest absolute Gasteiger partial charge is 0.409 e. The van der Waals surface area contributed by atoms with Gasteiger partial charge in [0.25, 0.3) is 0 Å². The molecule has 0 saturated heterocycles. The maximum absolute atomic E-state index is 13.6. The molecule has 1 amide bonds. The van der Waals surface area contributed by atoms with E-state index in [0.29, 0.717) is 22.7 Å². The van der Waals surface area contributed by atoms with Gasteiger partial charge in [-0.2, -0.15) is 0 Å². The second-order valence-corrected chi connectivity index (χ2v) is 14.6. The lowest BCUT2D eigenvalue weighted by molar-refractivity contribution is -0.146. The summed E-state index contributed by atoms with van der Waals surface area (Å²) in [5, 5.41) is 2.56. The molecule has 1 heterocycles. The number of ether oxygens (including phenoxy) is 4. The number of methoxy groups -OCH3 is 2. The minimum atomic E-state index is -0.674. The Balaban J connectivity index is 3.35. The first-order valence-corrected chi connectivity index (χ1v) is 18.9. The fraction of sp³-hybridized carbons (Fsp3) is 0.512. The molecule has 0 bridgehead atoms. The zero-order valence-corrected chi connectivity index (χ0v) is 34.3. The van der Waals surface area contributed by atoms with E-state index in [1.807, 2.05) is 87.8 Å². The number of allylic oxidation sites excluding steroid dienone is 9. The molecule has 9 heteroatoms. The van der Waals surface area contributed by atoms with Gasteiger partial charge in [0.2, 0.25) is 0 Å². The summed E-state index contributed by atoms with van der Waals surface area (Å²) in [6, 6.07) is 0. The van der Waals surface area contributed by atoms with Gasteiger partial charge in [-0.25, -0.2) is 14.6 Å². The second-order valence-electron chi connectivity index (χ2n) is 13.7. The highest BCUT2D eigenvalue weighted by Crippen LogP contribution is 2.34. The van der Waals surface area contributed by atoms with E-state index in [1.165, 1.54) is 16.2 Å². The molecule has 0 aliphatic heterocycles.